The number of amides is 1. The molecular formula is C20H20N2O4. The molecular weight excluding hydrogens is 332 g/mol. The predicted octanol–water partition coefficient (Wildman–Crippen LogP) is 3.56. The number of carbonyl (C=O) groups is 2. The van der Waals surface area contributed by atoms with Crippen molar-refractivity contribution in [3.05, 3.63) is 64.1 Å². The highest BCUT2D eigenvalue weighted by atomic mass is 16.4. The molecule has 1 heterocycles. The molecule has 6 nitrogen and oxygen atoms in total. The molecule has 1 amide bonds. The first-order valence-electron chi connectivity index (χ1n) is 8.39. The first kappa shape index (κ1) is 17.7. The van der Waals surface area contributed by atoms with Crippen LogP contribution in [0.4, 0.5) is 5.69 Å². The molecule has 0 aliphatic rings. The highest BCUT2D eigenvalue weighted by Crippen LogP contribution is 2.18. The maximum Gasteiger partial charge on any atom is 0.420 e. The molecule has 134 valence electrons. The molecule has 0 spiro atoms. The van der Waals surface area contributed by atoms with Crippen LogP contribution in [0.15, 0.2) is 51.7 Å². The predicted molar refractivity (Wildman–Crippen MR) is 99.6 cm³/mol. The van der Waals surface area contributed by atoms with Gasteiger partial charge in [-0.3, -0.25) is 14.2 Å². The summed E-state index contributed by atoms with van der Waals surface area (Å²) in [5.74, 6) is -0.672. The van der Waals surface area contributed by atoms with Gasteiger partial charge >= 0.3 is 5.76 Å². The summed E-state index contributed by atoms with van der Waals surface area (Å²) in [6.45, 7) is 5.47. The van der Waals surface area contributed by atoms with Crippen molar-refractivity contribution < 1.29 is 14.0 Å². The van der Waals surface area contributed by atoms with Crippen LogP contribution < -0.4 is 11.1 Å². The standard InChI is InChI=1S/C20H20N2O4/c1-12(2)14-4-7-16(8-5-14)21-19(24)11-22-17-9-6-15(13(3)23)10-18(17)26-20(22)25/h4-10,12H,11H2,1-3H3,(H,21,24). The van der Waals surface area contributed by atoms with Crippen LogP contribution in [0.1, 0.15) is 42.6 Å². The van der Waals surface area contributed by atoms with Crippen LogP contribution in [0.3, 0.4) is 0 Å². The number of anilines is 1. The fourth-order valence-electron chi connectivity index (χ4n) is 2.73. The third-order valence-corrected chi connectivity index (χ3v) is 4.24. The summed E-state index contributed by atoms with van der Waals surface area (Å²) in [6.07, 6.45) is 0. The minimum Gasteiger partial charge on any atom is -0.408 e. The minimum atomic E-state index is -0.633. The van der Waals surface area contributed by atoms with Gasteiger partial charge in [0.15, 0.2) is 11.4 Å². The van der Waals surface area contributed by atoms with Gasteiger partial charge in [-0.1, -0.05) is 26.0 Å². The lowest BCUT2D eigenvalue weighted by molar-refractivity contribution is -0.116. The minimum absolute atomic E-state index is 0.120. The van der Waals surface area contributed by atoms with E-state index in [0.717, 1.165) is 0 Å². The van der Waals surface area contributed by atoms with Gasteiger partial charge in [-0.2, -0.15) is 0 Å². The van der Waals surface area contributed by atoms with Crippen LogP contribution in [0.5, 0.6) is 0 Å². The Kier molecular flexibility index (Phi) is 4.75. The molecule has 6 heteroatoms. The van der Waals surface area contributed by atoms with Gasteiger partial charge in [0.2, 0.25) is 5.91 Å². The van der Waals surface area contributed by atoms with Crippen LogP contribution in [0, 0.1) is 0 Å². The average molecular weight is 352 g/mol. The summed E-state index contributed by atoms with van der Waals surface area (Å²) in [4.78, 5) is 35.8. The monoisotopic (exact) mass is 352 g/mol. The highest BCUT2D eigenvalue weighted by molar-refractivity contribution is 5.97. The largest absolute Gasteiger partial charge is 0.420 e. The number of nitrogens with zero attached hydrogens (tertiary/aromatic N) is 1. The van der Waals surface area contributed by atoms with E-state index in [0.29, 0.717) is 22.7 Å². The summed E-state index contributed by atoms with van der Waals surface area (Å²) in [7, 11) is 0. The van der Waals surface area contributed by atoms with Crippen molar-refractivity contribution in [2.75, 3.05) is 5.32 Å². The van der Waals surface area contributed by atoms with Gasteiger partial charge in [0.25, 0.3) is 0 Å². The average Bonchev–Trinajstić information content (AvgIpc) is 2.90. The maximum absolute atomic E-state index is 12.3. The van der Waals surface area contributed by atoms with E-state index < -0.39 is 5.76 Å². The van der Waals surface area contributed by atoms with Crippen molar-refractivity contribution in [3.63, 3.8) is 0 Å². The molecule has 2 aromatic carbocycles. The van der Waals surface area contributed by atoms with Crippen molar-refractivity contribution in [1.82, 2.24) is 4.57 Å². The number of Topliss-reactive ketones (excluding diaryl/α,β-unsaturated/α-hetero) is 1. The number of nitrogens with one attached hydrogen (secondary N) is 1. The molecule has 3 aromatic rings. The van der Waals surface area contributed by atoms with E-state index in [1.165, 1.54) is 23.1 Å². The zero-order chi connectivity index (χ0) is 18.8. The Morgan fingerprint density at radius 1 is 1.12 bits per heavy atom. The molecule has 0 saturated carbocycles. The molecule has 26 heavy (non-hydrogen) atoms. The molecule has 0 aliphatic heterocycles. The third kappa shape index (κ3) is 3.59. The van der Waals surface area contributed by atoms with E-state index in [1.807, 2.05) is 24.3 Å². The first-order chi connectivity index (χ1) is 12.3. The number of oxazole rings is 1. The summed E-state index contributed by atoms with van der Waals surface area (Å²) >= 11 is 0. The zero-order valence-corrected chi connectivity index (χ0v) is 14.9. The molecule has 3 rings (SSSR count). The van der Waals surface area contributed by atoms with Gasteiger partial charge < -0.3 is 9.73 Å². The van der Waals surface area contributed by atoms with E-state index in [-0.39, 0.29) is 23.8 Å². The highest BCUT2D eigenvalue weighted by Gasteiger charge is 2.14. The van der Waals surface area contributed by atoms with E-state index >= 15 is 0 Å². The first-order valence-corrected chi connectivity index (χ1v) is 8.39. The zero-order valence-electron chi connectivity index (χ0n) is 14.9. The van der Waals surface area contributed by atoms with E-state index in [4.69, 9.17) is 4.42 Å². The number of benzene rings is 2. The molecule has 0 saturated heterocycles. The summed E-state index contributed by atoms with van der Waals surface area (Å²) in [6, 6.07) is 12.3. The molecule has 1 aromatic heterocycles. The molecule has 0 bridgehead atoms. The molecule has 0 fully saturated rings. The quantitative estimate of drug-likeness (QED) is 0.712. The summed E-state index contributed by atoms with van der Waals surface area (Å²) in [5.41, 5.74) is 3.07. The van der Waals surface area contributed by atoms with Gasteiger partial charge in [0.1, 0.15) is 6.54 Å². The van der Waals surface area contributed by atoms with Crippen molar-refractivity contribution in [2.45, 2.75) is 33.2 Å². The van der Waals surface area contributed by atoms with Gasteiger partial charge in [0, 0.05) is 11.3 Å². The van der Waals surface area contributed by atoms with Crippen molar-refractivity contribution in [1.29, 1.82) is 0 Å². The van der Waals surface area contributed by atoms with Gasteiger partial charge in [0.05, 0.1) is 5.52 Å². The number of ketones is 1. The van der Waals surface area contributed by atoms with Gasteiger partial charge in [-0.05, 0) is 48.7 Å². The summed E-state index contributed by atoms with van der Waals surface area (Å²) < 4.78 is 6.41. The van der Waals surface area contributed by atoms with Crippen LogP contribution >= 0.6 is 0 Å². The fourth-order valence-corrected chi connectivity index (χ4v) is 2.73. The van der Waals surface area contributed by atoms with Crippen LogP contribution in [0.25, 0.3) is 11.1 Å². The molecule has 0 atom stereocenters. The van der Waals surface area contributed by atoms with Crippen molar-refractivity contribution in [3.8, 4) is 0 Å². The number of carbonyl (C=O) groups excluding carboxylic acids is 2. The van der Waals surface area contributed by atoms with Gasteiger partial charge in [-0.15, -0.1) is 0 Å². The number of rotatable bonds is 5. The Morgan fingerprint density at radius 3 is 2.42 bits per heavy atom. The Morgan fingerprint density at radius 2 is 1.81 bits per heavy atom. The normalized spacial score (nSPS) is 11.1. The van der Waals surface area contributed by atoms with E-state index in [1.54, 1.807) is 12.1 Å². The van der Waals surface area contributed by atoms with Crippen LogP contribution in [-0.2, 0) is 11.3 Å². The van der Waals surface area contributed by atoms with Crippen molar-refractivity contribution >= 4 is 28.5 Å². The maximum atomic E-state index is 12.3. The second-order valence-electron chi connectivity index (χ2n) is 6.52. The Bertz CT molecular complexity index is 1030. The summed E-state index contributed by atoms with van der Waals surface area (Å²) in [5, 5.41) is 2.77. The molecule has 0 radical (unpaired) electrons. The molecule has 1 N–H and O–H groups in total. The van der Waals surface area contributed by atoms with Crippen LogP contribution in [0.2, 0.25) is 0 Å². The topological polar surface area (TPSA) is 81.3 Å². The van der Waals surface area contributed by atoms with Gasteiger partial charge in [-0.25, -0.2) is 4.79 Å². The fraction of sp³-hybridized carbons (Fsp3) is 0.250. The second-order valence-corrected chi connectivity index (χ2v) is 6.52. The smallest absolute Gasteiger partial charge is 0.408 e. The SMILES string of the molecule is CC(=O)c1ccc2c(c1)oc(=O)n2CC(=O)Nc1ccc(C(C)C)cc1. The molecule has 0 aliphatic carbocycles. The van der Waals surface area contributed by atoms with Crippen LogP contribution in [-0.4, -0.2) is 16.3 Å². The van der Waals surface area contributed by atoms with E-state index in [9.17, 15) is 14.4 Å². The second kappa shape index (κ2) is 7.00. The van der Waals surface area contributed by atoms with E-state index in [2.05, 4.69) is 19.2 Å². The number of aromatic nitrogens is 1. The van der Waals surface area contributed by atoms with Crippen molar-refractivity contribution in [2.24, 2.45) is 0 Å². The Labute approximate surface area is 150 Å². The Balaban J connectivity index is 1.79. The Hall–Kier alpha value is -3.15. The number of fused-ring (bicyclic) bond motifs is 1. The lowest BCUT2D eigenvalue weighted by atomic mass is 10.0. The number of hydrogen-bond acceptors (Lipinski definition) is 4. The lowest BCUT2D eigenvalue weighted by Gasteiger charge is -2.08. The molecule has 0 unspecified atom stereocenters. The lowest BCUT2D eigenvalue weighted by Crippen LogP contribution is -2.24. The number of hydrogen-bond donors (Lipinski definition) is 1. The third-order valence-electron chi connectivity index (χ3n) is 4.24.